The van der Waals surface area contributed by atoms with Gasteiger partial charge in [0, 0.05) is 35.6 Å². The van der Waals surface area contributed by atoms with E-state index in [9.17, 15) is 0 Å². The van der Waals surface area contributed by atoms with Gasteiger partial charge in [-0.05, 0) is 0 Å². The molecular weight excluding hydrogens is 250 g/mol. The van der Waals surface area contributed by atoms with Crippen LogP contribution in [0.3, 0.4) is 0 Å². The average Bonchev–Trinajstić information content (AvgIpc) is 0.722. The zero-order chi connectivity index (χ0) is 4.50. The summed E-state index contributed by atoms with van der Waals surface area (Å²) in [7, 11) is -4.61. The normalized spacial score (nSPS) is 8.57. The van der Waals surface area contributed by atoms with Crippen molar-refractivity contribution in [1.29, 1.82) is 0 Å². The molecule has 0 saturated carbocycles. The maximum Gasteiger partial charge on any atom is 0.668 e. The Morgan fingerprint density at radius 3 is 0.857 bits per heavy atom. The first-order valence-electron chi connectivity index (χ1n) is 0.894. The molecule has 0 amide bonds. The van der Waals surface area contributed by atoms with E-state index in [0.29, 0.717) is 0 Å². The first-order valence-corrected chi connectivity index (χ1v) is 2.68. The first-order chi connectivity index (χ1) is 2.00. The fourth-order valence-corrected chi connectivity index (χ4v) is 0. The standard InChI is InChI=1S/FH.La.H4O4Si/c;;1-5(2,3)4/h1H;;1-4H. The Balaban J connectivity index is -0.0000000800. The van der Waals surface area contributed by atoms with Crippen LogP contribution in [0.5, 0.6) is 0 Å². The molecule has 4 nitrogen and oxygen atoms in total. The van der Waals surface area contributed by atoms with E-state index in [1.165, 1.54) is 0 Å². The van der Waals surface area contributed by atoms with E-state index >= 15 is 0 Å². The zero-order valence-corrected chi connectivity index (χ0v) is 7.90. The second kappa shape index (κ2) is 5.32. The van der Waals surface area contributed by atoms with Crippen LogP contribution in [0.15, 0.2) is 0 Å². The minimum absolute atomic E-state index is 0. The number of hydrogen-bond donors (Lipinski definition) is 4. The van der Waals surface area contributed by atoms with Crippen molar-refractivity contribution in [3.8, 4) is 0 Å². The van der Waals surface area contributed by atoms with Gasteiger partial charge in [0.15, 0.2) is 0 Å². The van der Waals surface area contributed by atoms with Gasteiger partial charge in [-0.1, -0.05) is 0 Å². The maximum absolute atomic E-state index is 7.33. The molecule has 0 rings (SSSR count). The fraction of sp³-hybridized carbons (Fsp3) is 0. The Hall–Kier alpha value is 1.18. The maximum atomic E-state index is 7.33. The van der Waals surface area contributed by atoms with E-state index in [1.54, 1.807) is 0 Å². The Bertz CT molecular complexity index is 27.2. The molecule has 0 fully saturated rings. The van der Waals surface area contributed by atoms with Gasteiger partial charge in [0.2, 0.25) is 0 Å². The SMILES string of the molecule is F.O[Si](O)(O)O.[La]. The minimum atomic E-state index is -4.61. The Morgan fingerprint density at radius 2 is 0.857 bits per heavy atom. The van der Waals surface area contributed by atoms with Gasteiger partial charge < -0.3 is 19.2 Å². The van der Waals surface area contributed by atoms with Gasteiger partial charge in [-0.2, -0.15) is 0 Å². The fourth-order valence-electron chi connectivity index (χ4n) is 0. The molecule has 0 heterocycles. The minimum Gasteiger partial charge on any atom is -0.368 e. The molecule has 0 unspecified atom stereocenters. The zero-order valence-electron chi connectivity index (χ0n) is 3.27. The quantitative estimate of drug-likeness (QED) is 0.362. The molecule has 4 N–H and O–H groups in total. The molecule has 7 heteroatoms. The Morgan fingerprint density at radius 1 is 0.857 bits per heavy atom. The monoisotopic (exact) mass is 255 g/mol. The largest absolute Gasteiger partial charge is 0.668 e. The van der Waals surface area contributed by atoms with Gasteiger partial charge in [-0.3, -0.25) is 4.70 Å². The van der Waals surface area contributed by atoms with Crippen LogP contribution in [-0.2, 0) is 0 Å². The van der Waals surface area contributed by atoms with Crippen molar-refractivity contribution >= 4 is 9.05 Å². The third kappa shape index (κ3) is 138. The summed E-state index contributed by atoms with van der Waals surface area (Å²) in [6.45, 7) is 0. The van der Waals surface area contributed by atoms with Crippen molar-refractivity contribution < 1.29 is 59.5 Å². The van der Waals surface area contributed by atoms with E-state index in [2.05, 4.69) is 0 Å². The third-order valence-electron chi connectivity index (χ3n) is 0. The molecule has 0 bridgehead atoms. The summed E-state index contributed by atoms with van der Waals surface area (Å²) in [5, 5.41) is 0. The second-order valence-corrected chi connectivity index (χ2v) is 1.80. The number of hydrogen-bond acceptors (Lipinski definition) is 4. The third-order valence-corrected chi connectivity index (χ3v) is 0. The number of halogens is 1. The molecule has 43 valence electrons. The second-order valence-electron chi connectivity index (χ2n) is 0.600. The van der Waals surface area contributed by atoms with Crippen molar-refractivity contribution in [2.45, 2.75) is 0 Å². The van der Waals surface area contributed by atoms with Gasteiger partial charge in [-0.15, -0.1) is 0 Å². The van der Waals surface area contributed by atoms with Crippen LogP contribution in [0.2, 0.25) is 0 Å². The van der Waals surface area contributed by atoms with Crippen LogP contribution in [0.25, 0.3) is 0 Å². The predicted octanol–water partition coefficient (Wildman–Crippen LogP) is -2.46. The molecule has 0 aliphatic carbocycles. The van der Waals surface area contributed by atoms with E-state index in [4.69, 9.17) is 19.2 Å². The van der Waals surface area contributed by atoms with Crippen LogP contribution in [-0.4, -0.2) is 28.2 Å². The molecule has 0 aromatic heterocycles. The van der Waals surface area contributed by atoms with E-state index in [-0.39, 0.29) is 40.3 Å². The summed E-state index contributed by atoms with van der Waals surface area (Å²) < 4.78 is 0. The van der Waals surface area contributed by atoms with Crippen molar-refractivity contribution in [2.24, 2.45) is 0 Å². The molecule has 0 spiro atoms. The summed E-state index contributed by atoms with van der Waals surface area (Å²) >= 11 is 0. The van der Waals surface area contributed by atoms with Gasteiger partial charge in [0.25, 0.3) is 0 Å². The summed E-state index contributed by atoms with van der Waals surface area (Å²) in [6.07, 6.45) is 0. The van der Waals surface area contributed by atoms with Crippen molar-refractivity contribution in [1.82, 2.24) is 0 Å². The topological polar surface area (TPSA) is 80.9 Å². The van der Waals surface area contributed by atoms with Crippen molar-refractivity contribution in [3.63, 3.8) is 0 Å². The van der Waals surface area contributed by atoms with Crippen LogP contribution >= 0.6 is 0 Å². The predicted molar refractivity (Wildman–Crippen MR) is 17.1 cm³/mol. The molecule has 0 aliphatic heterocycles. The van der Waals surface area contributed by atoms with Crippen LogP contribution in [0, 0.1) is 35.6 Å². The molecule has 0 saturated heterocycles. The van der Waals surface area contributed by atoms with Gasteiger partial charge in [-0.25, -0.2) is 0 Å². The summed E-state index contributed by atoms with van der Waals surface area (Å²) in [6, 6.07) is 0. The van der Waals surface area contributed by atoms with E-state index in [1.807, 2.05) is 0 Å². The number of rotatable bonds is 0. The molecule has 0 atom stereocenters. The Kier molecular flexibility index (Phi) is 11.9. The summed E-state index contributed by atoms with van der Waals surface area (Å²) in [5.74, 6) is 0. The molecular formula is H5FLaO4Si. The smallest absolute Gasteiger partial charge is 0.368 e. The summed E-state index contributed by atoms with van der Waals surface area (Å²) in [4.78, 5) is 29.3. The average molecular weight is 255 g/mol. The molecule has 0 aromatic rings. The van der Waals surface area contributed by atoms with E-state index < -0.39 is 9.05 Å². The molecule has 0 aromatic carbocycles. The molecule has 7 heavy (non-hydrogen) atoms. The van der Waals surface area contributed by atoms with Crippen LogP contribution < -0.4 is 0 Å². The van der Waals surface area contributed by atoms with Gasteiger partial charge in [0.1, 0.15) is 0 Å². The van der Waals surface area contributed by atoms with Crippen molar-refractivity contribution in [3.05, 3.63) is 0 Å². The van der Waals surface area contributed by atoms with Crippen molar-refractivity contribution in [2.75, 3.05) is 0 Å². The molecule has 0 aliphatic rings. The molecule has 1 radical (unpaired) electrons. The first kappa shape index (κ1) is 15.7. The Labute approximate surface area is 68.3 Å². The summed E-state index contributed by atoms with van der Waals surface area (Å²) in [5.41, 5.74) is 0. The van der Waals surface area contributed by atoms with Gasteiger partial charge in [0.05, 0.1) is 0 Å². The van der Waals surface area contributed by atoms with Crippen LogP contribution in [0.1, 0.15) is 0 Å². The van der Waals surface area contributed by atoms with Gasteiger partial charge >= 0.3 is 9.05 Å². The van der Waals surface area contributed by atoms with E-state index in [0.717, 1.165) is 0 Å². The van der Waals surface area contributed by atoms with Crippen LogP contribution in [0.4, 0.5) is 4.70 Å².